The number of ether oxygens (including phenoxy) is 1. The van der Waals surface area contributed by atoms with Crippen molar-refractivity contribution in [2.45, 2.75) is 38.0 Å². The molecule has 26 heavy (non-hydrogen) atoms. The number of likely N-dealkylation sites (N-methyl/N-ethyl adjacent to an activating group) is 1. The fourth-order valence-electron chi connectivity index (χ4n) is 4.16. The van der Waals surface area contributed by atoms with Gasteiger partial charge < -0.3 is 14.1 Å². The highest BCUT2D eigenvalue weighted by atomic mass is 16.5. The van der Waals surface area contributed by atoms with E-state index in [1.54, 1.807) is 19.0 Å². The highest BCUT2D eigenvalue weighted by molar-refractivity contribution is 5.83. The number of piperidine rings is 1. The average Bonchev–Trinajstić information content (AvgIpc) is 3.18. The summed E-state index contributed by atoms with van der Waals surface area (Å²) in [6.45, 7) is 4.65. The van der Waals surface area contributed by atoms with Gasteiger partial charge in [-0.3, -0.25) is 9.69 Å². The molecule has 2 aliphatic heterocycles. The molecule has 0 N–H and O–H groups in total. The minimum atomic E-state index is -0.486. The molecule has 0 aliphatic carbocycles. The molecule has 1 spiro atoms. The molecule has 1 aromatic heterocycles. The number of nitrogens with zero attached hydrogens (tertiary/aromatic N) is 2. The summed E-state index contributed by atoms with van der Waals surface area (Å²) in [7, 11) is 3.57. The van der Waals surface area contributed by atoms with Gasteiger partial charge in [-0.15, -0.1) is 0 Å². The predicted octanol–water partition coefficient (Wildman–Crippen LogP) is 3.24. The van der Waals surface area contributed by atoms with E-state index in [-0.39, 0.29) is 11.5 Å². The number of furan rings is 1. The Morgan fingerprint density at radius 3 is 2.58 bits per heavy atom. The molecular formula is C21H26N2O3. The number of amides is 1. The van der Waals surface area contributed by atoms with Crippen molar-refractivity contribution in [3.8, 4) is 0 Å². The maximum Gasteiger partial charge on any atom is 0.255 e. The standard InChI is InChI=1S/C21H26N2O3/c1-15-8-9-16(25-15)14-23-12-10-21(11-13-23)18-7-5-4-6-17(18)19(26-21)20(24)22(2)3/h4-9,19H,10-14H2,1-3H3/t19-/m1/s1. The molecule has 1 amide bonds. The first-order valence-corrected chi connectivity index (χ1v) is 9.24. The van der Waals surface area contributed by atoms with Gasteiger partial charge in [0.1, 0.15) is 11.5 Å². The topological polar surface area (TPSA) is 45.9 Å². The van der Waals surface area contributed by atoms with Gasteiger partial charge in [0.05, 0.1) is 12.1 Å². The van der Waals surface area contributed by atoms with Crippen LogP contribution in [-0.2, 0) is 21.7 Å². The lowest BCUT2D eigenvalue weighted by molar-refractivity contribution is -0.158. The number of benzene rings is 1. The lowest BCUT2D eigenvalue weighted by Gasteiger charge is -2.39. The summed E-state index contributed by atoms with van der Waals surface area (Å²) in [4.78, 5) is 16.6. The molecule has 0 bridgehead atoms. The van der Waals surface area contributed by atoms with Crippen LogP contribution in [0.3, 0.4) is 0 Å². The van der Waals surface area contributed by atoms with Gasteiger partial charge in [-0.05, 0) is 43.0 Å². The molecule has 4 rings (SSSR count). The quantitative estimate of drug-likeness (QED) is 0.849. The largest absolute Gasteiger partial charge is 0.465 e. The number of carbonyl (C=O) groups excluding carboxylic acids is 1. The lowest BCUT2D eigenvalue weighted by Crippen LogP contribution is -2.42. The smallest absolute Gasteiger partial charge is 0.255 e. The molecule has 2 aliphatic rings. The van der Waals surface area contributed by atoms with Crippen LogP contribution in [0.5, 0.6) is 0 Å². The van der Waals surface area contributed by atoms with Crippen molar-refractivity contribution in [2.75, 3.05) is 27.2 Å². The molecule has 0 saturated carbocycles. The Labute approximate surface area is 154 Å². The number of hydrogen-bond acceptors (Lipinski definition) is 4. The summed E-state index contributed by atoms with van der Waals surface area (Å²) in [5.74, 6) is 1.97. The molecule has 138 valence electrons. The van der Waals surface area contributed by atoms with Crippen LogP contribution in [0.4, 0.5) is 0 Å². The summed E-state index contributed by atoms with van der Waals surface area (Å²) < 4.78 is 12.2. The Kier molecular flexibility index (Phi) is 4.37. The molecule has 0 unspecified atom stereocenters. The van der Waals surface area contributed by atoms with Gasteiger partial charge in [0.15, 0.2) is 6.10 Å². The second kappa shape index (κ2) is 6.56. The number of hydrogen-bond donors (Lipinski definition) is 0. The van der Waals surface area contributed by atoms with E-state index in [0.717, 1.165) is 49.6 Å². The summed E-state index contributed by atoms with van der Waals surface area (Å²) in [5, 5.41) is 0. The molecule has 3 heterocycles. The number of fused-ring (bicyclic) bond motifs is 2. The van der Waals surface area contributed by atoms with Gasteiger partial charge >= 0.3 is 0 Å². The number of carbonyl (C=O) groups is 1. The normalized spacial score (nSPS) is 21.7. The maximum atomic E-state index is 12.6. The molecule has 1 atom stereocenters. The lowest BCUT2D eigenvalue weighted by atomic mass is 9.83. The minimum absolute atomic E-state index is 0.0165. The second-order valence-corrected chi connectivity index (χ2v) is 7.60. The molecule has 5 heteroatoms. The van der Waals surface area contributed by atoms with Gasteiger partial charge in [-0.2, -0.15) is 0 Å². The molecule has 1 fully saturated rings. The second-order valence-electron chi connectivity index (χ2n) is 7.60. The molecular weight excluding hydrogens is 328 g/mol. The van der Waals surface area contributed by atoms with Crippen LogP contribution in [0.25, 0.3) is 0 Å². The van der Waals surface area contributed by atoms with Crippen molar-refractivity contribution in [3.05, 3.63) is 59.0 Å². The summed E-state index contributed by atoms with van der Waals surface area (Å²) in [6, 6.07) is 12.3. The molecule has 5 nitrogen and oxygen atoms in total. The van der Waals surface area contributed by atoms with E-state index in [0.29, 0.717) is 0 Å². The Morgan fingerprint density at radius 2 is 1.92 bits per heavy atom. The van der Waals surface area contributed by atoms with Crippen LogP contribution in [-0.4, -0.2) is 42.9 Å². The van der Waals surface area contributed by atoms with E-state index in [9.17, 15) is 4.79 Å². The third kappa shape index (κ3) is 2.95. The van der Waals surface area contributed by atoms with Crippen LogP contribution in [0.1, 0.15) is 41.6 Å². The Bertz CT molecular complexity index is 803. The van der Waals surface area contributed by atoms with Crippen LogP contribution in [0.15, 0.2) is 40.8 Å². The SMILES string of the molecule is Cc1ccc(CN2CCC3(CC2)O[C@@H](C(=O)N(C)C)c2ccccc23)o1. The monoisotopic (exact) mass is 354 g/mol. The highest BCUT2D eigenvalue weighted by Crippen LogP contribution is 2.49. The van der Waals surface area contributed by atoms with Crippen molar-refractivity contribution >= 4 is 5.91 Å². The minimum Gasteiger partial charge on any atom is -0.465 e. The van der Waals surface area contributed by atoms with Gasteiger partial charge in [-0.25, -0.2) is 0 Å². The summed E-state index contributed by atoms with van der Waals surface area (Å²) in [6.07, 6.45) is 1.29. The molecule has 0 radical (unpaired) electrons. The number of likely N-dealkylation sites (tertiary alicyclic amines) is 1. The Morgan fingerprint density at radius 1 is 1.19 bits per heavy atom. The van der Waals surface area contributed by atoms with Gasteiger partial charge in [0, 0.05) is 27.2 Å². The number of aryl methyl sites for hydroxylation is 1. The van der Waals surface area contributed by atoms with Crippen molar-refractivity contribution in [1.82, 2.24) is 9.80 Å². The summed E-state index contributed by atoms with van der Waals surface area (Å²) in [5.41, 5.74) is 1.87. The first-order chi connectivity index (χ1) is 12.5. The highest BCUT2D eigenvalue weighted by Gasteiger charge is 2.49. The van der Waals surface area contributed by atoms with Crippen molar-refractivity contribution in [3.63, 3.8) is 0 Å². The Hall–Kier alpha value is -2.11. The van der Waals surface area contributed by atoms with E-state index < -0.39 is 6.10 Å². The van der Waals surface area contributed by atoms with Gasteiger partial charge in [0.25, 0.3) is 5.91 Å². The van der Waals surface area contributed by atoms with Gasteiger partial charge in [0.2, 0.25) is 0 Å². The van der Waals surface area contributed by atoms with E-state index in [4.69, 9.17) is 9.15 Å². The zero-order chi connectivity index (χ0) is 18.3. The van der Waals surface area contributed by atoms with Crippen molar-refractivity contribution < 1.29 is 13.9 Å². The predicted molar refractivity (Wildman–Crippen MR) is 98.6 cm³/mol. The fraction of sp³-hybridized carbons (Fsp3) is 0.476. The van der Waals surface area contributed by atoms with E-state index >= 15 is 0 Å². The van der Waals surface area contributed by atoms with Crippen molar-refractivity contribution in [2.24, 2.45) is 0 Å². The molecule has 2 aromatic rings. The van der Waals surface area contributed by atoms with E-state index in [2.05, 4.69) is 11.0 Å². The van der Waals surface area contributed by atoms with Crippen LogP contribution in [0, 0.1) is 6.92 Å². The van der Waals surface area contributed by atoms with E-state index in [1.807, 2.05) is 37.3 Å². The van der Waals surface area contributed by atoms with E-state index in [1.165, 1.54) is 5.56 Å². The molecule has 1 aromatic carbocycles. The van der Waals surface area contributed by atoms with Crippen LogP contribution >= 0.6 is 0 Å². The average molecular weight is 354 g/mol. The third-order valence-electron chi connectivity index (χ3n) is 5.58. The zero-order valence-electron chi connectivity index (χ0n) is 15.7. The Balaban J connectivity index is 1.52. The maximum absolute atomic E-state index is 12.6. The van der Waals surface area contributed by atoms with Crippen molar-refractivity contribution in [1.29, 1.82) is 0 Å². The third-order valence-corrected chi connectivity index (χ3v) is 5.58. The van der Waals surface area contributed by atoms with Crippen LogP contribution < -0.4 is 0 Å². The van der Waals surface area contributed by atoms with Gasteiger partial charge in [-0.1, -0.05) is 24.3 Å². The zero-order valence-corrected chi connectivity index (χ0v) is 15.7. The van der Waals surface area contributed by atoms with Crippen LogP contribution in [0.2, 0.25) is 0 Å². The number of rotatable bonds is 3. The first-order valence-electron chi connectivity index (χ1n) is 9.24. The first kappa shape index (κ1) is 17.3. The fourth-order valence-corrected chi connectivity index (χ4v) is 4.16. The summed E-state index contributed by atoms with van der Waals surface area (Å²) >= 11 is 0. The molecule has 1 saturated heterocycles.